The molecule has 0 spiro atoms. The average molecular weight is 260 g/mol. The van der Waals surface area contributed by atoms with Crippen molar-refractivity contribution in [3.63, 3.8) is 0 Å². The summed E-state index contributed by atoms with van der Waals surface area (Å²) < 4.78 is 0. The highest BCUT2D eigenvalue weighted by Crippen LogP contribution is 2.42. The molecule has 0 saturated heterocycles. The summed E-state index contributed by atoms with van der Waals surface area (Å²) in [6.07, 6.45) is 6.26. The van der Waals surface area contributed by atoms with Gasteiger partial charge in [-0.1, -0.05) is 45.0 Å². The standard InChI is InChI=1S/C17H28N2/c1-4-13-5-7-14(8-6-13)16(19-18)15-9-11-17(2,3)12-10-15/h5-8,15-16,19H,4,9-12,18H2,1-3H3. The van der Waals surface area contributed by atoms with Gasteiger partial charge in [-0.25, -0.2) is 0 Å². The molecule has 2 rings (SSSR count). The van der Waals surface area contributed by atoms with E-state index >= 15 is 0 Å². The number of aryl methyl sites for hydroxylation is 1. The van der Waals surface area contributed by atoms with Crippen LogP contribution in [0.15, 0.2) is 24.3 Å². The Labute approximate surface area is 117 Å². The molecule has 0 radical (unpaired) electrons. The highest BCUT2D eigenvalue weighted by molar-refractivity contribution is 5.25. The van der Waals surface area contributed by atoms with Gasteiger partial charge < -0.3 is 0 Å². The van der Waals surface area contributed by atoms with E-state index in [0.717, 1.165) is 6.42 Å². The number of benzene rings is 1. The highest BCUT2D eigenvalue weighted by Gasteiger charge is 2.31. The van der Waals surface area contributed by atoms with Gasteiger partial charge in [0.15, 0.2) is 0 Å². The third-order valence-electron chi connectivity index (χ3n) is 4.78. The molecule has 2 nitrogen and oxygen atoms in total. The zero-order chi connectivity index (χ0) is 13.9. The molecule has 0 heterocycles. The van der Waals surface area contributed by atoms with Crippen molar-refractivity contribution in [2.75, 3.05) is 0 Å². The second-order valence-corrected chi connectivity index (χ2v) is 6.74. The van der Waals surface area contributed by atoms with Crippen LogP contribution < -0.4 is 11.3 Å². The molecular formula is C17H28N2. The fraction of sp³-hybridized carbons (Fsp3) is 0.647. The van der Waals surface area contributed by atoms with Crippen molar-refractivity contribution in [1.29, 1.82) is 0 Å². The summed E-state index contributed by atoms with van der Waals surface area (Å²) in [5.41, 5.74) is 6.30. The predicted molar refractivity (Wildman–Crippen MR) is 81.6 cm³/mol. The summed E-state index contributed by atoms with van der Waals surface area (Å²) in [5.74, 6) is 6.50. The molecule has 1 fully saturated rings. The van der Waals surface area contributed by atoms with Gasteiger partial charge in [-0.15, -0.1) is 0 Å². The van der Waals surface area contributed by atoms with Crippen LogP contribution in [0.5, 0.6) is 0 Å². The van der Waals surface area contributed by atoms with Crippen molar-refractivity contribution >= 4 is 0 Å². The molecule has 19 heavy (non-hydrogen) atoms. The van der Waals surface area contributed by atoms with Gasteiger partial charge in [0.2, 0.25) is 0 Å². The van der Waals surface area contributed by atoms with Crippen molar-refractivity contribution in [3.8, 4) is 0 Å². The Morgan fingerprint density at radius 3 is 2.26 bits per heavy atom. The maximum absolute atomic E-state index is 5.82. The van der Waals surface area contributed by atoms with E-state index in [9.17, 15) is 0 Å². The molecule has 2 heteroatoms. The third-order valence-corrected chi connectivity index (χ3v) is 4.78. The molecule has 1 saturated carbocycles. The topological polar surface area (TPSA) is 38.0 Å². The summed E-state index contributed by atoms with van der Waals surface area (Å²) in [5, 5.41) is 0. The molecule has 1 aliphatic rings. The van der Waals surface area contributed by atoms with Crippen molar-refractivity contribution in [1.82, 2.24) is 5.43 Å². The van der Waals surface area contributed by atoms with Crippen molar-refractivity contribution in [2.45, 2.75) is 58.9 Å². The van der Waals surface area contributed by atoms with E-state index in [4.69, 9.17) is 5.84 Å². The van der Waals surface area contributed by atoms with Crippen LogP contribution in [-0.4, -0.2) is 0 Å². The predicted octanol–water partition coefficient (Wildman–Crippen LogP) is 3.97. The molecule has 1 aliphatic carbocycles. The summed E-state index contributed by atoms with van der Waals surface area (Å²) in [6.45, 7) is 6.95. The van der Waals surface area contributed by atoms with E-state index in [0.29, 0.717) is 17.4 Å². The number of nitrogens with two attached hydrogens (primary N) is 1. The van der Waals surface area contributed by atoms with Crippen LogP contribution in [0, 0.1) is 11.3 Å². The first kappa shape index (κ1) is 14.5. The van der Waals surface area contributed by atoms with E-state index in [-0.39, 0.29) is 0 Å². The molecule has 1 atom stereocenters. The largest absolute Gasteiger partial charge is 0.271 e. The Hall–Kier alpha value is -0.860. The number of rotatable bonds is 4. The maximum atomic E-state index is 5.82. The van der Waals surface area contributed by atoms with E-state index < -0.39 is 0 Å². The van der Waals surface area contributed by atoms with Crippen LogP contribution in [0.1, 0.15) is 63.6 Å². The molecule has 1 aromatic carbocycles. The number of hydrogen-bond donors (Lipinski definition) is 2. The summed E-state index contributed by atoms with van der Waals surface area (Å²) in [4.78, 5) is 0. The Kier molecular flexibility index (Phi) is 4.64. The van der Waals surface area contributed by atoms with Gasteiger partial charge in [0, 0.05) is 6.04 Å². The maximum Gasteiger partial charge on any atom is 0.0488 e. The van der Waals surface area contributed by atoms with Gasteiger partial charge in [-0.3, -0.25) is 11.3 Å². The zero-order valence-electron chi connectivity index (χ0n) is 12.6. The molecule has 0 aliphatic heterocycles. The van der Waals surface area contributed by atoms with Gasteiger partial charge in [0.25, 0.3) is 0 Å². The van der Waals surface area contributed by atoms with Crippen LogP contribution in [-0.2, 0) is 6.42 Å². The normalized spacial score (nSPS) is 21.3. The van der Waals surface area contributed by atoms with Crippen molar-refractivity contribution in [3.05, 3.63) is 35.4 Å². The van der Waals surface area contributed by atoms with Gasteiger partial charge in [0.1, 0.15) is 0 Å². The number of hydrazine groups is 1. The van der Waals surface area contributed by atoms with Crippen molar-refractivity contribution in [2.24, 2.45) is 17.2 Å². The Balaban J connectivity index is 2.07. The van der Waals surface area contributed by atoms with Gasteiger partial charge in [-0.2, -0.15) is 0 Å². The first-order chi connectivity index (χ1) is 9.05. The summed E-state index contributed by atoms with van der Waals surface area (Å²) in [6, 6.07) is 9.24. The minimum absolute atomic E-state index is 0.307. The second-order valence-electron chi connectivity index (χ2n) is 6.74. The van der Waals surface area contributed by atoms with Gasteiger partial charge in [-0.05, 0) is 54.6 Å². The lowest BCUT2D eigenvalue weighted by Crippen LogP contribution is -2.36. The minimum Gasteiger partial charge on any atom is -0.271 e. The first-order valence-corrected chi connectivity index (χ1v) is 7.60. The Morgan fingerprint density at radius 1 is 1.21 bits per heavy atom. The third kappa shape index (κ3) is 3.58. The van der Waals surface area contributed by atoms with Crippen LogP contribution in [0.2, 0.25) is 0 Å². The molecule has 1 unspecified atom stereocenters. The van der Waals surface area contributed by atoms with Crippen LogP contribution in [0.3, 0.4) is 0 Å². The van der Waals surface area contributed by atoms with Crippen LogP contribution in [0.4, 0.5) is 0 Å². The lowest BCUT2D eigenvalue weighted by atomic mass is 9.70. The fourth-order valence-corrected chi connectivity index (χ4v) is 3.22. The fourth-order valence-electron chi connectivity index (χ4n) is 3.22. The number of hydrogen-bond acceptors (Lipinski definition) is 2. The molecular weight excluding hydrogens is 232 g/mol. The van der Waals surface area contributed by atoms with E-state index in [1.54, 1.807) is 0 Å². The molecule has 106 valence electrons. The SMILES string of the molecule is CCc1ccc(C(NN)C2CCC(C)(C)CC2)cc1. The second kappa shape index (κ2) is 6.06. The molecule has 0 amide bonds. The highest BCUT2D eigenvalue weighted by atomic mass is 15.2. The summed E-state index contributed by atoms with van der Waals surface area (Å²) in [7, 11) is 0. The van der Waals surface area contributed by atoms with Gasteiger partial charge in [0.05, 0.1) is 0 Å². The molecule has 0 bridgehead atoms. The number of nitrogens with one attached hydrogen (secondary N) is 1. The van der Waals surface area contributed by atoms with E-state index in [1.807, 2.05) is 0 Å². The average Bonchev–Trinajstić information content (AvgIpc) is 2.42. The van der Waals surface area contributed by atoms with Crippen LogP contribution >= 0.6 is 0 Å². The molecule has 3 N–H and O–H groups in total. The lowest BCUT2D eigenvalue weighted by molar-refractivity contribution is 0.161. The van der Waals surface area contributed by atoms with E-state index in [1.165, 1.54) is 36.8 Å². The zero-order valence-corrected chi connectivity index (χ0v) is 12.6. The monoisotopic (exact) mass is 260 g/mol. The van der Waals surface area contributed by atoms with Gasteiger partial charge >= 0.3 is 0 Å². The quantitative estimate of drug-likeness (QED) is 0.635. The molecule has 1 aromatic rings. The lowest BCUT2D eigenvalue weighted by Gasteiger charge is -2.38. The molecule has 0 aromatic heterocycles. The Morgan fingerprint density at radius 2 is 1.79 bits per heavy atom. The van der Waals surface area contributed by atoms with E-state index in [2.05, 4.69) is 50.5 Å². The summed E-state index contributed by atoms with van der Waals surface area (Å²) >= 11 is 0. The first-order valence-electron chi connectivity index (χ1n) is 7.60. The Bertz CT molecular complexity index is 384. The van der Waals surface area contributed by atoms with Crippen LogP contribution in [0.25, 0.3) is 0 Å². The smallest absolute Gasteiger partial charge is 0.0488 e. The van der Waals surface area contributed by atoms with Crippen molar-refractivity contribution < 1.29 is 0 Å². The minimum atomic E-state index is 0.307.